The largest absolute Gasteiger partial charge is 0.370 e. The second-order valence-electron chi connectivity index (χ2n) is 5.31. The Balaban J connectivity index is 1.65. The third kappa shape index (κ3) is 3.04. The number of hydrogen-bond acceptors (Lipinski definition) is 5. The van der Waals surface area contributed by atoms with E-state index in [4.69, 9.17) is 0 Å². The molecule has 1 atom stereocenters. The molecule has 3 heterocycles. The Labute approximate surface area is 119 Å². The third-order valence-electron chi connectivity index (χ3n) is 3.61. The van der Waals surface area contributed by atoms with E-state index in [1.54, 1.807) is 6.20 Å². The summed E-state index contributed by atoms with van der Waals surface area (Å²) in [6.07, 6.45) is 4.88. The summed E-state index contributed by atoms with van der Waals surface area (Å²) in [5.41, 5.74) is 2.14. The molecule has 104 valence electrons. The van der Waals surface area contributed by atoms with E-state index in [0.29, 0.717) is 6.54 Å². The molecule has 20 heavy (non-hydrogen) atoms. The van der Waals surface area contributed by atoms with Crippen molar-refractivity contribution >= 4 is 11.5 Å². The summed E-state index contributed by atoms with van der Waals surface area (Å²) in [5.74, 6) is 1.56. The van der Waals surface area contributed by atoms with Crippen molar-refractivity contribution in [1.29, 1.82) is 0 Å². The predicted molar refractivity (Wildman–Crippen MR) is 79.6 cm³/mol. The summed E-state index contributed by atoms with van der Waals surface area (Å²) >= 11 is 0. The van der Waals surface area contributed by atoms with Crippen LogP contribution in [0.3, 0.4) is 0 Å². The van der Waals surface area contributed by atoms with Crippen molar-refractivity contribution in [2.24, 2.45) is 5.92 Å². The van der Waals surface area contributed by atoms with Gasteiger partial charge in [-0.2, -0.15) is 5.10 Å². The van der Waals surface area contributed by atoms with Crippen molar-refractivity contribution in [3.8, 4) is 0 Å². The maximum Gasteiger partial charge on any atom is 0.151 e. The van der Waals surface area contributed by atoms with Gasteiger partial charge in [0, 0.05) is 25.4 Å². The Bertz CT molecular complexity index is 557. The van der Waals surface area contributed by atoms with Crippen LogP contribution in [0.25, 0.3) is 0 Å². The molecule has 1 saturated heterocycles. The number of nitrogens with one attached hydrogen (secondary N) is 1. The van der Waals surface area contributed by atoms with Crippen molar-refractivity contribution in [3.05, 3.63) is 42.4 Å². The lowest BCUT2D eigenvalue weighted by Crippen LogP contribution is -2.19. The minimum atomic E-state index is 0.662. The molecule has 1 N–H and O–H groups in total. The molecule has 0 bridgehead atoms. The van der Waals surface area contributed by atoms with Gasteiger partial charge in [-0.3, -0.25) is 4.98 Å². The molecule has 1 aliphatic rings. The Kier molecular flexibility index (Phi) is 3.76. The van der Waals surface area contributed by atoms with Crippen LogP contribution in [0.2, 0.25) is 0 Å². The standard InChI is InChI=1S/C15H19N5/c1-12-5-7-20(11-12)14-8-15(19-18-10-14)17-9-13-4-2-3-6-16-13/h2-4,6,8,10,12H,5,7,9,11H2,1H3,(H,17,19)/t12-/m1/s1. The number of aromatic nitrogens is 3. The van der Waals surface area contributed by atoms with Crippen LogP contribution in [0.15, 0.2) is 36.7 Å². The van der Waals surface area contributed by atoms with Gasteiger partial charge in [-0.15, -0.1) is 5.10 Å². The zero-order valence-corrected chi connectivity index (χ0v) is 11.7. The van der Waals surface area contributed by atoms with Gasteiger partial charge in [0.05, 0.1) is 24.1 Å². The van der Waals surface area contributed by atoms with Crippen LogP contribution >= 0.6 is 0 Å². The van der Waals surface area contributed by atoms with E-state index in [9.17, 15) is 0 Å². The smallest absolute Gasteiger partial charge is 0.151 e. The molecule has 5 nitrogen and oxygen atoms in total. The Hall–Kier alpha value is -2.17. The van der Waals surface area contributed by atoms with Crippen LogP contribution in [-0.2, 0) is 6.54 Å². The molecule has 2 aromatic heterocycles. The van der Waals surface area contributed by atoms with Gasteiger partial charge in [0.15, 0.2) is 5.82 Å². The normalized spacial score (nSPS) is 18.2. The molecule has 0 aliphatic carbocycles. The quantitative estimate of drug-likeness (QED) is 0.923. The number of pyridine rings is 1. The molecule has 5 heteroatoms. The molecule has 0 amide bonds. The highest BCUT2D eigenvalue weighted by atomic mass is 15.2. The van der Waals surface area contributed by atoms with Crippen LogP contribution in [0.5, 0.6) is 0 Å². The Morgan fingerprint density at radius 3 is 3.10 bits per heavy atom. The molecule has 1 fully saturated rings. The molecule has 0 radical (unpaired) electrons. The summed E-state index contributed by atoms with van der Waals surface area (Å²) in [6.45, 7) is 5.15. The molecular formula is C15H19N5. The van der Waals surface area contributed by atoms with E-state index in [2.05, 4.69) is 38.4 Å². The second-order valence-corrected chi connectivity index (χ2v) is 5.31. The average molecular weight is 269 g/mol. The van der Waals surface area contributed by atoms with Crippen molar-refractivity contribution in [3.63, 3.8) is 0 Å². The number of nitrogens with zero attached hydrogens (tertiary/aromatic N) is 4. The first-order valence-electron chi connectivity index (χ1n) is 7.03. The molecular weight excluding hydrogens is 250 g/mol. The van der Waals surface area contributed by atoms with Gasteiger partial charge in [-0.25, -0.2) is 0 Å². The van der Waals surface area contributed by atoms with Crippen molar-refractivity contribution in [1.82, 2.24) is 15.2 Å². The molecule has 0 unspecified atom stereocenters. The van der Waals surface area contributed by atoms with Gasteiger partial charge in [0.25, 0.3) is 0 Å². The first-order chi connectivity index (χ1) is 9.81. The van der Waals surface area contributed by atoms with Crippen molar-refractivity contribution in [2.45, 2.75) is 19.9 Å². The van der Waals surface area contributed by atoms with E-state index in [1.807, 2.05) is 24.4 Å². The highest BCUT2D eigenvalue weighted by Gasteiger charge is 2.19. The fourth-order valence-electron chi connectivity index (χ4n) is 2.47. The summed E-state index contributed by atoms with van der Waals surface area (Å²) in [4.78, 5) is 6.65. The van der Waals surface area contributed by atoms with Gasteiger partial charge < -0.3 is 10.2 Å². The second kappa shape index (κ2) is 5.86. The van der Waals surface area contributed by atoms with Gasteiger partial charge in [-0.1, -0.05) is 13.0 Å². The predicted octanol–water partition coefficient (Wildman–Crippen LogP) is 2.33. The van der Waals surface area contributed by atoms with Crippen LogP contribution in [0.1, 0.15) is 19.0 Å². The average Bonchev–Trinajstić information content (AvgIpc) is 2.93. The number of rotatable bonds is 4. The first-order valence-corrected chi connectivity index (χ1v) is 7.03. The first kappa shape index (κ1) is 12.8. The van der Waals surface area contributed by atoms with Gasteiger partial charge >= 0.3 is 0 Å². The van der Waals surface area contributed by atoms with Crippen LogP contribution < -0.4 is 10.2 Å². The minimum absolute atomic E-state index is 0.662. The summed E-state index contributed by atoms with van der Waals surface area (Å²) in [6, 6.07) is 7.95. The fourth-order valence-corrected chi connectivity index (χ4v) is 2.47. The van der Waals surface area contributed by atoms with Crippen molar-refractivity contribution in [2.75, 3.05) is 23.3 Å². The molecule has 0 spiro atoms. The van der Waals surface area contributed by atoms with Crippen molar-refractivity contribution < 1.29 is 0 Å². The van der Waals surface area contributed by atoms with E-state index < -0.39 is 0 Å². The third-order valence-corrected chi connectivity index (χ3v) is 3.61. The SMILES string of the molecule is C[C@@H]1CCN(c2cnnc(NCc3ccccn3)c2)C1. The van der Waals surface area contributed by atoms with E-state index >= 15 is 0 Å². The van der Waals surface area contributed by atoms with Gasteiger partial charge in [-0.05, 0) is 24.5 Å². The van der Waals surface area contributed by atoms with E-state index in [-0.39, 0.29) is 0 Å². The van der Waals surface area contributed by atoms with Crippen LogP contribution in [-0.4, -0.2) is 28.3 Å². The zero-order valence-electron chi connectivity index (χ0n) is 11.7. The zero-order chi connectivity index (χ0) is 13.8. The lowest BCUT2D eigenvalue weighted by Gasteiger charge is -2.18. The summed E-state index contributed by atoms with van der Waals surface area (Å²) in [7, 11) is 0. The number of anilines is 2. The van der Waals surface area contributed by atoms with Gasteiger partial charge in [0.2, 0.25) is 0 Å². The molecule has 0 saturated carbocycles. The highest BCUT2D eigenvalue weighted by Crippen LogP contribution is 2.23. The lowest BCUT2D eigenvalue weighted by atomic mass is 10.2. The Morgan fingerprint density at radius 2 is 2.35 bits per heavy atom. The molecule has 1 aliphatic heterocycles. The van der Waals surface area contributed by atoms with Crippen LogP contribution in [0.4, 0.5) is 11.5 Å². The number of hydrogen-bond donors (Lipinski definition) is 1. The van der Waals surface area contributed by atoms with Gasteiger partial charge in [0.1, 0.15) is 0 Å². The highest BCUT2D eigenvalue weighted by molar-refractivity contribution is 5.52. The molecule has 0 aromatic carbocycles. The monoisotopic (exact) mass is 269 g/mol. The topological polar surface area (TPSA) is 53.9 Å². The fraction of sp³-hybridized carbons (Fsp3) is 0.400. The summed E-state index contributed by atoms with van der Waals surface area (Å²) < 4.78 is 0. The maximum atomic E-state index is 4.28. The lowest BCUT2D eigenvalue weighted by molar-refractivity contribution is 0.659. The maximum absolute atomic E-state index is 4.28. The molecule has 2 aromatic rings. The van der Waals surface area contributed by atoms with E-state index in [1.165, 1.54) is 6.42 Å². The summed E-state index contributed by atoms with van der Waals surface area (Å²) in [5, 5.41) is 11.5. The van der Waals surface area contributed by atoms with Crippen LogP contribution in [0, 0.1) is 5.92 Å². The Morgan fingerprint density at radius 1 is 1.40 bits per heavy atom. The molecule has 3 rings (SSSR count). The van der Waals surface area contributed by atoms with E-state index in [0.717, 1.165) is 36.2 Å². The minimum Gasteiger partial charge on any atom is -0.370 e.